The maximum Gasteiger partial charge on any atom is 0.335 e. The van der Waals surface area contributed by atoms with E-state index < -0.39 is 11.6 Å². The summed E-state index contributed by atoms with van der Waals surface area (Å²) < 4.78 is 5.92. The predicted octanol–water partition coefficient (Wildman–Crippen LogP) is 2.30. The molecule has 0 aromatic heterocycles. The topological polar surface area (TPSA) is 66.8 Å². The fourth-order valence-electron chi connectivity index (χ4n) is 1.03. The van der Waals surface area contributed by atoms with Gasteiger partial charge in [0, 0.05) is 4.47 Å². The first kappa shape index (κ1) is 13.0. The van der Waals surface area contributed by atoms with Crippen molar-refractivity contribution in [1.29, 1.82) is 0 Å². The maximum atomic E-state index is 10.8. The van der Waals surface area contributed by atoms with E-state index in [1.54, 1.807) is 19.9 Å². The van der Waals surface area contributed by atoms with E-state index in [0.29, 0.717) is 10.2 Å². The van der Waals surface area contributed by atoms with Crippen LogP contribution in [0.4, 0.5) is 0 Å². The number of hydrogen-bond donors (Lipinski definition) is 2. The molecule has 0 amide bonds. The van der Waals surface area contributed by atoms with Crippen molar-refractivity contribution in [3.05, 3.63) is 28.2 Å². The van der Waals surface area contributed by atoms with E-state index in [4.69, 9.17) is 9.84 Å². The molecule has 0 heterocycles. The van der Waals surface area contributed by atoms with E-state index in [9.17, 15) is 9.90 Å². The number of halogens is 1. The zero-order chi connectivity index (χ0) is 12.3. The number of aliphatic hydroxyl groups is 1. The Bertz CT molecular complexity index is 395. The van der Waals surface area contributed by atoms with Gasteiger partial charge in [0.2, 0.25) is 0 Å². The third-order valence-electron chi connectivity index (χ3n) is 1.71. The number of rotatable bonds is 4. The average Bonchev–Trinajstić information content (AvgIpc) is 2.13. The molecule has 0 atom stereocenters. The van der Waals surface area contributed by atoms with E-state index in [-0.39, 0.29) is 12.2 Å². The fraction of sp³-hybridized carbons (Fsp3) is 0.364. The van der Waals surface area contributed by atoms with Crippen LogP contribution in [0.1, 0.15) is 24.2 Å². The van der Waals surface area contributed by atoms with Crippen LogP contribution < -0.4 is 4.74 Å². The first-order chi connectivity index (χ1) is 7.28. The van der Waals surface area contributed by atoms with Crippen LogP contribution in [-0.4, -0.2) is 28.4 Å². The van der Waals surface area contributed by atoms with Gasteiger partial charge in [-0.25, -0.2) is 4.79 Å². The number of benzene rings is 1. The molecule has 1 aromatic carbocycles. The molecule has 0 radical (unpaired) electrons. The Kier molecular flexibility index (Phi) is 3.93. The van der Waals surface area contributed by atoms with Gasteiger partial charge in [0.15, 0.2) is 0 Å². The summed E-state index contributed by atoms with van der Waals surface area (Å²) in [5.41, 5.74) is -0.814. The van der Waals surface area contributed by atoms with Crippen molar-refractivity contribution < 1.29 is 19.7 Å². The highest BCUT2D eigenvalue weighted by molar-refractivity contribution is 9.10. The lowest BCUT2D eigenvalue weighted by Gasteiger charge is -2.18. The molecule has 0 aliphatic carbocycles. The summed E-state index contributed by atoms with van der Waals surface area (Å²) in [5.74, 6) is -0.608. The Balaban J connectivity index is 2.85. The van der Waals surface area contributed by atoms with Crippen molar-refractivity contribution in [2.75, 3.05) is 6.61 Å². The van der Waals surface area contributed by atoms with Gasteiger partial charge in [0.25, 0.3) is 0 Å². The largest absolute Gasteiger partial charge is 0.491 e. The summed E-state index contributed by atoms with van der Waals surface area (Å²) in [7, 11) is 0. The highest BCUT2D eigenvalue weighted by Gasteiger charge is 2.14. The highest BCUT2D eigenvalue weighted by Crippen LogP contribution is 2.22. The van der Waals surface area contributed by atoms with Crippen molar-refractivity contribution in [3.8, 4) is 5.75 Å². The Morgan fingerprint density at radius 2 is 2.06 bits per heavy atom. The summed E-state index contributed by atoms with van der Waals surface area (Å²) in [5, 5.41) is 18.3. The van der Waals surface area contributed by atoms with Crippen LogP contribution in [0.3, 0.4) is 0 Å². The lowest BCUT2D eigenvalue weighted by atomic mass is 10.1. The molecular weight excluding hydrogens is 276 g/mol. The molecule has 0 fully saturated rings. The van der Waals surface area contributed by atoms with Gasteiger partial charge in [-0.3, -0.25) is 0 Å². The van der Waals surface area contributed by atoms with Crippen LogP contribution in [0, 0.1) is 0 Å². The number of carbonyl (C=O) groups is 1. The second-order valence-corrected chi connectivity index (χ2v) is 5.00. The van der Waals surface area contributed by atoms with Gasteiger partial charge in [0.05, 0.1) is 11.2 Å². The zero-order valence-corrected chi connectivity index (χ0v) is 10.6. The molecule has 2 N–H and O–H groups in total. The summed E-state index contributed by atoms with van der Waals surface area (Å²) in [6.07, 6.45) is 0. The van der Waals surface area contributed by atoms with Crippen molar-refractivity contribution >= 4 is 21.9 Å². The van der Waals surface area contributed by atoms with Crippen molar-refractivity contribution in [2.24, 2.45) is 0 Å². The second kappa shape index (κ2) is 4.84. The molecule has 5 heteroatoms. The zero-order valence-electron chi connectivity index (χ0n) is 9.03. The molecular formula is C11H13BrO4. The van der Waals surface area contributed by atoms with Gasteiger partial charge < -0.3 is 14.9 Å². The second-order valence-electron chi connectivity index (χ2n) is 4.08. The summed E-state index contributed by atoms with van der Waals surface area (Å²) in [6, 6.07) is 4.55. The SMILES string of the molecule is CC(C)(O)COc1cc(Br)cc(C(=O)O)c1. The van der Waals surface area contributed by atoms with Crippen molar-refractivity contribution in [2.45, 2.75) is 19.4 Å². The monoisotopic (exact) mass is 288 g/mol. The van der Waals surface area contributed by atoms with Crippen molar-refractivity contribution in [3.63, 3.8) is 0 Å². The molecule has 16 heavy (non-hydrogen) atoms. The van der Waals surface area contributed by atoms with Crippen LogP contribution in [0.15, 0.2) is 22.7 Å². The van der Waals surface area contributed by atoms with Gasteiger partial charge in [0.1, 0.15) is 12.4 Å². The number of aromatic carboxylic acids is 1. The molecule has 1 rings (SSSR count). The molecule has 0 spiro atoms. The van der Waals surface area contributed by atoms with Crippen LogP contribution in [-0.2, 0) is 0 Å². The third kappa shape index (κ3) is 4.20. The van der Waals surface area contributed by atoms with Gasteiger partial charge in [-0.2, -0.15) is 0 Å². The number of carboxylic acids is 1. The molecule has 4 nitrogen and oxygen atoms in total. The summed E-state index contributed by atoms with van der Waals surface area (Å²) in [6.45, 7) is 3.33. The highest BCUT2D eigenvalue weighted by atomic mass is 79.9. The summed E-state index contributed by atoms with van der Waals surface area (Å²) in [4.78, 5) is 10.8. The van der Waals surface area contributed by atoms with E-state index in [2.05, 4.69) is 15.9 Å². The van der Waals surface area contributed by atoms with Crippen LogP contribution >= 0.6 is 15.9 Å². The number of hydrogen-bond acceptors (Lipinski definition) is 3. The molecule has 0 aliphatic rings. The Labute approximate surface area is 102 Å². The standard InChI is InChI=1S/C11H13BrO4/c1-11(2,15)6-16-9-4-7(10(13)14)3-8(12)5-9/h3-5,15H,6H2,1-2H3,(H,13,14). The molecule has 88 valence electrons. The predicted molar refractivity (Wildman–Crippen MR) is 62.9 cm³/mol. The van der Waals surface area contributed by atoms with Crippen LogP contribution in [0.2, 0.25) is 0 Å². The minimum atomic E-state index is -1.02. The van der Waals surface area contributed by atoms with Gasteiger partial charge in [-0.1, -0.05) is 15.9 Å². The Morgan fingerprint density at radius 3 is 2.56 bits per heavy atom. The fourth-order valence-corrected chi connectivity index (χ4v) is 1.50. The first-order valence-corrected chi connectivity index (χ1v) is 5.46. The molecule has 0 saturated heterocycles. The minimum Gasteiger partial charge on any atom is -0.491 e. The smallest absolute Gasteiger partial charge is 0.335 e. The third-order valence-corrected chi connectivity index (χ3v) is 2.17. The normalized spacial score (nSPS) is 11.2. The van der Waals surface area contributed by atoms with Crippen molar-refractivity contribution in [1.82, 2.24) is 0 Å². The number of ether oxygens (including phenoxy) is 1. The van der Waals surface area contributed by atoms with Crippen LogP contribution in [0.5, 0.6) is 5.75 Å². The molecule has 1 aromatic rings. The van der Waals surface area contributed by atoms with Gasteiger partial charge in [-0.05, 0) is 32.0 Å². The van der Waals surface area contributed by atoms with Gasteiger partial charge in [-0.15, -0.1) is 0 Å². The van der Waals surface area contributed by atoms with E-state index >= 15 is 0 Å². The van der Waals surface area contributed by atoms with E-state index in [1.165, 1.54) is 12.1 Å². The molecule has 0 bridgehead atoms. The lowest BCUT2D eigenvalue weighted by molar-refractivity contribution is 0.0284. The first-order valence-electron chi connectivity index (χ1n) is 4.67. The molecule has 0 saturated carbocycles. The quantitative estimate of drug-likeness (QED) is 0.892. The Morgan fingerprint density at radius 1 is 1.44 bits per heavy atom. The lowest BCUT2D eigenvalue weighted by Crippen LogP contribution is -2.27. The minimum absolute atomic E-state index is 0.0997. The Hall–Kier alpha value is -1.07. The summed E-state index contributed by atoms with van der Waals surface area (Å²) >= 11 is 3.20. The average molecular weight is 289 g/mol. The number of carboxylic acid groups (broad SMARTS) is 1. The van der Waals surface area contributed by atoms with Crippen LogP contribution in [0.25, 0.3) is 0 Å². The maximum absolute atomic E-state index is 10.8. The van der Waals surface area contributed by atoms with E-state index in [1.807, 2.05) is 0 Å². The molecule has 0 unspecified atom stereocenters. The molecule has 0 aliphatic heterocycles. The van der Waals surface area contributed by atoms with E-state index in [0.717, 1.165) is 0 Å². The van der Waals surface area contributed by atoms with Gasteiger partial charge >= 0.3 is 5.97 Å².